The van der Waals surface area contributed by atoms with Gasteiger partial charge in [-0.1, -0.05) is 18.2 Å². The van der Waals surface area contributed by atoms with Gasteiger partial charge in [-0.25, -0.2) is 4.39 Å². The first-order chi connectivity index (χ1) is 6.77. The molecule has 14 heavy (non-hydrogen) atoms. The molecule has 0 saturated carbocycles. The Morgan fingerprint density at radius 2 is 1.93 bits per heavy atom. The maximum Gasteiger partial charge on any atom is 0.134 e. The van der Waals surface area contributed by atoms with Crippen LogP contribution >= 0.6 is 0 Å². The largest absolute Gasteiger partial charge is 0.506 e. The van der Waals surface area contributed by atoms with Gasteiger partial charge in [-0.2, -0.15) is 0 Å². The van der Waals surface area contributed by atoms with E-state index in [9.17, 15) is 9.50 Å². The van der Waals surface area contributed by atoms with Gasteiger partial charge in [0.2, 0.25) is 0 Å². The number of nitrogens with zero attached hydrogens (tertiary/aromatic N) is 1. The summed E-state index contributed by atoms with van der Waals surface area (Å²) in [4.78, 5) is 3.79. The summed E-state index contributed by atoms with van der Waals surface area (Å²) in [6.07, 6.45) is 2.82. The van der Waals surface area contributed by atoms with Crippen LogP contribution in [-0.2, 0) is 0 Å². The topological polar surface area (TPSA) is 33.1 Å². The predicted molar refractivity (Wildman–Crippen MR) is 51.3 cm³/mol. The molecule has 3 heteroatoms. The zero-order valence-corrected chi connectivity index (χ0v) is 7.31. The van der Waals surface area contributed by atoms with E-state index in [0.717, 1.165) is 0 Å². The minimum Gasteiger partial charge on any atom is -0.506 e. The van der Waals surface area contributed by atoms with Gasteiger partial charge in [-0.15, -0.1) is 0 Å². The van der Waals surface area contributed by atoms with Gasteiger partial charge in [0.15, 0.2) is 0 Å². The van der Waals surface area contributed by atoms with E-state index in [2.05, 4.69) is 4.98 Å². The number of halogens is 1. The highest BCUT2D eigenvalue weighted by atomic mass is 19.1. The molecule has 0 aliphatic carbocycles. The lowest BCUT2D eigenvalue weighted by Crippen LogP contribution is -1.84. The standard InChI is InChI=1S/C11H8FNO/c12-11-4-2-1-3-10(11)8-5-9(14)7-13-6-8/h1-7,14H. The molecule has 0 saturated heterocycles. The molecule has 0 bridgehead atoms. The molecule has 2 aromatic rings. The molecular formula is C11H8FNO. The maximum atomic E-state index is 13.3. The molecule has 0 unspecified atom stereocenters. The Morgan fingerprint density at radius 3 is 2.64 bits per heavy atom. The Balaban J connectivity index is 2.55. The summed E-state index contributed by atoms with van der Waals surface area (Å²) < 4.78 is 13.3. The van der Waals surface area contributed by atoms with E-state index in [0.29, 0.717) is 11.1 Å². The summed E-state index contributed by atoms with van der Waals surface area (Å²) in [5, 5.41) is 9.18. The van der Waals surface area contributed by atoms with E-state index in [4.69, 9.17) is 0 Å². The fourth-order valence-corrected chi connectivity index (χ4v) is 1.27. The van der Waals surface area contributed by atoms with Crippen LogP contribution < -0.4 is 0 Å². The SMILES string of the molecule is Oc1cncc(-c2ccccc2F)c1. The zero-order chi connectivity index (χ0) is 9.97. The van der Waals surface area contributed by atoms with E-state index in [-0.39, 0.29) is 11.6 Å². The average molecular weight is 189 g/mol. The van der Waals surface area contributed by atoms with Gasteiger partial charge in [0, 0.05) is 17.3 Å². The number of hydrogen-bond acceptors (Lipinski definition) is 2. The van der Waals surface area contributed by atoms with E-state index in [1.807, 2.05) is 0 Å². The minimum atomic E-state index is -0.320. The summed E-state index contributed by atoms with van der Waals surface area (Å²) in [5.41, 5.74) is 1.01. The van der Waals surface area contributed by atoms with Crippen LogP contribution in [-0.4, -0.2) is 10.1 Å². The van der Waals surface area contributed by atoms with Crippen molar-refractivity contribution in [1.82, 2.24) is 4.98 Å². The molecule has 2 nitrogen and oxygen atoms in total. The van der Waals surface area contributed by atoms with Crippen molar-refractivity contribution in [3.8, 4) is 16.9 Å². The molecule has 2 rings (SSSR count). The van der Waals surface area contributed by atoms with Crippen molar-refractivity contribution in [2.24, 2.45) is 0 Å². The van der Waals surface area contributed by atoms with Crippen LogP contribution in [0.4, 0.5) is 4.39 Å². The summed E-state index contributed by atoms with van der Waals surface area (Å²) in [7, 11) is 0. The van der Waals surface area contributed by atoms with Crippen LogP contribution in [0.15, 0.2) is 42.7 Å². The maximum absolute atomic E-state index is 13.3. The van der Waals surface area contributed by atoms with Crippen LogP contribution in [0.25, 0.3) is 11.1 Å². The number of rotatable bonds is 1. The summed E-state index contributed by atoms with van der Waals surface area (Å²) in [6.45, 7) is 0. The van der Waals surface area contributed by atoms with E-state index in [1.54, 1.807) is 18.2 Å². The molecule has 0 aliphatic heterocycles. The van der Waals surface area contributed by atoms with Crippen molar-refractivity contribution in [2.75, 3.05) is 0 Å². The lowest BCUT2D eigenvalue weighted by molar-refractivity contribution is 0.473. The Labute approximate surface area is 80.7 Å². The van der Waals surface area contributed by atoms with E-state index < -0.39 is 0 Å². The highest BCUT2D eigenvalue weighted by Gasteiger charge is 2.04. The number of benzene rings is 1. The summed E-state index contributed by atoms with van der Waals surface area (Å²) in [5.74, 6) is -0.286. The van der Waals surface area contributed by atoms with E-state index >= 15 is 0 Å². The van der Waals surface area contributed by atoms with Gasteiger partial charge in [0.05, 0.1) is 6.20 Å². The van der Waals surface area contributed by atoms with Crippen molar-refractivity contribution in [3.05, 3.63) is 48.5 Å². The first-order valence-corrected chi connectivity index (χ1v) is 4.16. The zero-order valence-electron chi connectivity index (χ0n) is 7.31. The highest BCUT2D eigenvalue weighted by Crippen LogP contribution is 2.23. The number of hydrogen-bond donors (Lipinski definition) is 1. The third kappa shape index (κ3) is 1.57. The van der Waals surface area contributed by atoms with Gasteiger partial charge in [-0.3, -0.25) is 4.98 Å². The van der Waals surface area contributed by atoms with Gasteiger partial charge in [-0.05, 0) is 12.1 Å². The Hall–Kier alpha value is -1.90. The van der Waals surface area contributed by atoms with Crippen molar-refractivity contribution in [1.29, 1.82) is 0 Å². The summed E-state index contributed by atoms with van der Waals surface area (Å²) >= 11 is 0. The molecule has 0 fully saturated rings. The average Bonchev–Trinajstić information content (AvgIpc) is 2.18. The highest BCUT2D eigenvalue weighted by molar-refractivity contribution is 5.64. The lowest BCUT2D eigenvalue weighted by atomic mass is 10.1. The van der Waals surface area contributed by atoms with Gasteiger partial charge < -0.3 is 5.11 Å². The van der Waals surface area contributed by atoms with Crippen molar-refractivity contribution >= 4 is 0 Å². The normalized spacial score (nSPS) is 10.1. The van der Waals surface area contributed by atoms with Crippen molar-refractivity contribution in [2.45, 2.75) is 0 Å². The molecule has 0 spiro atoms. The van der Waals surface area contributed by atoms with Crippen molar-refractivity contribution in [3.63, 3.8) is 0 Å². The second-order valence-electron chi connectivity index (χ2n) is 2.91. The molecule has 1 heterocycles. The number of aromatic nitrogens is 1. The molecule has 70 valence electrons. The Morgan fingerprint density at radius 1 is 1.14 bits per heavy atom. The Kier molecular flexibility index (Phi) is 2.14. The third-order valence-corrected chi connectivity index (χ3v) is 1.91. The number of pyridine rings is 1. The molecule has 0 aliphatic rings. The summed E-state index contributed by atoms with van der Waals surface area (Å²) in [6, 6.07) is 7.86. The smallest absolute Gasteiger partial charge is 0.134 e. The molecule has 1 aromatic heterocycles. The second-order valence-corrected chi connectivity index (χ2v) is 2.91. The molecule has 1 N–H and O–H groups in total. The molecule has 1 aromatic carbocycles. The predicted octanol–water partition coefficient (Wildman–Crippen LogP) is 2.59. The van der Waals surface area contributed by atoms with Crippen LogP contribution in [0.2, 0.25) is 0 Å². The minimum absolute atomic E-state index is 0.0331. The fraction of sp³-hybridized carbons (Fsp3) is 0. The molecule has 0 atom stereocenters. The van der Waals surface area contributed by atoms with Crippen LogP contribution in [0.5, 0.6) is 5.75 Å². The van der Waals surface area contributed by atoms with Crippen LogP contribution in [0.1, 0.15) is 0 Å². The first-order valence-electron chi connectivity index (χ1n) is 4.16. The molecule has 0 radical (unpaired) electrons. The van der Waals surface area contributed by atoms with E-state index in [1.165, 1.54) is 24.5 Å². The monoisotopic (exact) mass is 189 g/mol. The van der Waals surface area contributed by atoms with Gasteiger partial charge in [0.1, 0.15) is 11.6 Å². The van der Waals surface area contributed by atoms with Gasteiger partial charge >= 0.3 is 0 Å². The van der Waals surface area contributed by atoms with Crippen LogP contribution in [0, 0.1) is 5.82 Å². The Bertz CT molecular complexity index is 457. The first kappa shape index (κ1) is 8.69. The second kappa shape index (κ2) is 3.46. The molecule has 0 amide bonds. The molecular weight excluding hydrogens is 181 g/mol. The van der Waals surface area contributed by atoms with Gasteiger partial charge in [0.25, 0.3) is 0 Å². The number of aromatic hydroxyl groups is 1. The third-order valence-electron chi connectivity index (χ3n) is 1.91. The van der Waals surface area contributed by atoms with Crippen LogP contribution in [0.3, 0.4) is 0 Å². The lowest BCUT2D eigenvalue weighted by Gasteiger charge is -2.02. The van der Waals surface area contributed by atoms with Crippen molar-refractivity contribution < 1.29 is 9.50 Å². The fourth-order valence-electron chi connectivity index (χ4n) is 1.27. The quantitative estimate of drug-likeness (QED) is 0.747.